The van der Waals surface area contributed by atoms with Crippen molar-refractivity contribution in [2.75, 3.05) is 13.1 Å². The summed E-state index contributed by atoms with van der Waals surface area (Å²) in [4.78, 5) is 0. The van der Waals surface area contributed by atoms with E-state index in [1.807, 2.05) is 0 Å². The van der Waals surface area contributed by atoms with E-state index in [-0.39, 0.29) is 32.7 Å². The standard InChI is InChI=1S/C9H18N.Y/c1-8(2)7-9-3-5-10-6-4-9;/h8-9H,3-7H2,1-2H3;/q-1;. The van der Waals surface area contributed by atoms with E-state index in [0.717, 1.165) is 24.9 Å². The van der Waals surface area contributed by atoms with Crippen LogP contribution < -0.4 is 0 Å². The molecule has 1 radical (unpaired) electrons. The summed E-state index contributed by atoms with van der Waals surface area (Å²) in [6.07, 6.45) is 4.10. The van der Waals surface area contributed by atoms with Crippen molar-refractivity contribution < 1.29 is 32.7 Å². The molecule has 1 fully saturated rings. The van der Waals surface area contributed by atoms with Crippen molar-refractivity contribution in [2.45, 2.75) is 33.1 Å². The van der Waals surface area contributed by atoms with Crippen LogP contribution in [0.4, 0.5) is 0 Å². The maximum atomic E-state index is 4.33. The van der Waals surface area contributed by atoms with E-state index in [0.29, 0.717) is 0 Å². The molecule has 0 aromatic carbocycles. The summed E-state index contributed by atoms with van der Waals surface area (Å²) in [6, 6.07) is 0. The van der Waals surface area contributed by atoms with Gasteiger partial charge in [0.05, 0.1) is 0 Å². The van der Waals surface area contributed by atoms with E-state index in [9.17, 15) is 0 Å². The normalized spacial score (nSPS) is 19.9. The molecule has 0 spiro atoms. The molecule has 0 aliphatic carbocycles. The molecule has 2 heteroatoms. The summed E-state index contributed by atoms with van der Waals surface area (Å²) in [5, 5.41) is 4.33. The number of hydrogen-bond acceptors (Lipinski definition) is 0. The van der Waals surface area contributed by atoms with Crippen LogP contribution in [0.15, 0.2) is 0 Å². The van der Waals surface area contributed by atoms with Crippen LogP contribution in [0.25, 0.3) is 5.32 Å². The Morgan fingerprint density at radius 2 is 1.82 bits per heavy atom. The molecule has 0 aromatic heterocycles. The second-order valence-electron chi connectivity index (χ2n) is 3.74. The van der Waals surface area contributed by atoms with Gasteiger partial charge in [-0.25, -0.2) is 0 Å². The zero-order chi connectivity index (χ0) is 7.40. The molecule has 0 bridgehead atoms. The largest absolute Gasteiger partial charge is 0.662 e. The first-order chi connectivity index (χ1) is 4.79. The molecule has 0 N–H and O–H groups in total. The Labute approximate surface area is 95.6 Å². The van der Waals surface area contributed by atoms with E-state index in [1.54, 1.807) is 0 Å². The molecule has 0 unspecified atom stereocenters. The van der Waals surface area contributed by atoms with E-state index in [2.05, 4.69) is 19.2 Å². The van der Waals surface area contributed by atoms with Crippen LogP contribution in [-0.4, -0.2) is 13.1 Å². The first-order valence-corrected chi connectivity index (χ1v) is 4.42. The summed E-state index contributed by atoms with van der Waals surface area (Å²) in [6.45, 7) is 6.87. The van der Waals surface area contributed by atoms with Gasteiger partial charge in [0.1, 0.15) is 0 Å². The molecule has 1 aliphatic rings. The molecule has 1 saturated heterocycles. The monoisotopic (exact) mass is 229 g/mol. The summed E-state index contributed by atoms with van der Waals surface area (Å²) in [5.74, 6) is 1.86. The Kier molecular flexibility index (Phi) is 7.20. The maximum Gasteiger partial charge on any atom is 0 e. The van der Waals surface area contributed by atoms with Crippen molar-refractivity contribution in [1.82, 2.24) is 0 Å². The van der Waals surface area contributed by atoms with Crippen LogP contribution in [-0.2, 0) is 32.7 Å². The first kappa shape index (κ1) is 12.1. The number of hydrogen-bond donors (Lipinski definition) is 0. The Bertz CT molecular complexity index is 87.6. The smallest absolute Gasteiger partial charge is 0 e. The quantitative estimate of drug-likeness (QED) is 0.691. The average molecular weight is 229 g/mol. The van der Waals surface area contributed by atoms with Crippen molar-refractivity contribution in [3.8, 4) is 0 Å². The maximum absolute atomic E-state index is 4.33. The molecule has 0 saturated carbocycles. The van der Waals surface area contributed by atoms with Crippen molar-refractivity contribution in [3.63, 3.8) is 0 Å². The molecule has 1 nitrogen and oxygen atoms in total. The van der Waals surface area contributed by atoms with Gasteiger partial charge in [0.25, 0.3) is 0 Å². The molecule has 1 heterocycles. The molecule has 11 heavy (non-hydrogen) atoms. The topological polar surface area (TPSA) is 14.1 Å². The van der Waals surface area contributed by atoms with Crippen LogP contribution in [0.5, 0.6) is 0 Å². The van der Waals surface area contributed by atoms with Gasteiger partial charge in [-0.15, -0.1) is 13.1 Å². The zero-order valence-corrected chi connectivity index (χ0v) is 10.6. The Morgan fingerprint density at radius 1 is 1.27 bits per heavy atom. The number of nitrogens with zero attached hydrogens (tertiary/aromatic N) is 1. The van der Waals surface area contributed by atoms with Crippen LogP contribution in [0.2, 0.25) is 0 Å². The third kappa shape index (κ3) is 5.33. The molecule has 1 aliphatic heterocycles. The van der Waals surface area contributed by atoms with Crippen molar-refractivity contribution in [3.05, 3.63) is 5.32 Å². The Hall–Kier alpha value is 1.06. The predicted molar refractivity (Wildman–Crippen MR) is 45.3 cm³/mol. The van der Waals surface area contributed by atoms with Gasteiger partial charge in [0.15, 0.2) is 0 Å². The van der Waals surface area contributed by atoms with Crippen molar-refractivity contribution >= 4 is 0 Å². The Balaban J connectivity index is 0.000001000. The number of rotatable bonds is 2. The van der Waals surface area contributed by atoms with Gasteiger partial charge in [-0.2, -0.15) is 0 Å². The van der Waals surface area contributed by atoms with E-state index < -0.39 is 0 Å². The predicted octanol–water partition coefficient (Wildman–Crippen LogP) is 2.81. The second kappa shape index (κ2) is 6.57. The summed E-state index contributed by atoms with van der Waals surface area (Å²) >= 11 is 0. The van der Waals surface area contributed by atoms with Gasteiger partial charge < -0.3 is 5.32 Å². The minimum absolute atomic E-state index is 0. The molecular weight excluding hydrogens is 211 g/mol. The van der Waals surface area contributed by atoms with E-state index >= 15 is 0 Å². The molecule has 63 valence electrons. The third-order valence-electron chi connectivity index (χ3n) is 2.20. The van der Waals surface area contributed by atoms with Crippen LogP contribution in [0, 0.1) is 11.8 Å². The van der Waals surface area contributed by atoms with E-state index in [4.69, 9.17) is 0 Å². The number of piperidine rings is 1. The summed E-state index contributed by atoms with van der Waals surface area (Å²) < 4.78 is 0. The van der Waals surface area contributed by atoms with Gasteiger partial charge >= 0.3 is 0 Å². The molecular formula is C9H18NY-. The second-order valence-corrected chi connectivity index (χ2v) is 3.74. The minimum atomic E-state index is 0. The Morgan fingerprint density at radius 3 is 2.27 bits per heavy atom. The SMILES string of the molecule is CC(C)CC1CC[N-]CC1.[Y]. The fourth-order valence-electron chi connectivity index (χ4n) is 1.71. The van der Waals surface area contributed by atoms with Crippen LogP contribution in [0.1, 0.15) is 33.1 Å². The first-order valence-electron chi connectivity index (χ1n) is 4.42. The average Bonchev–Trinajstić information content (AvgIpc) is 1.88. The van der Waals surface area contributed by atoms with Gasteiger partial charge in [-0.3, -0.25) is 0 Å². The minimum Gasteiger partial charge on any atom is -0.662 e. The molecule has 1 rings (SSSR count). The molecule has 0 atom stereocenters. The third-order valence-corrected chi connectivity index (χ3v) is 2.20. The van der Waals surface area contributed by atoms with Crippen molar-refractivity contribution in [2.24, 2.45) is 11.8 Å². The van der Waals surface area contributed by atoms with Crippen molar-refractivity contribution in [1.29, 1.82) is 0 Å². The van der Waals surface area contributed by atoms with E-state index in [1.165, 1.54) is 19.3 Å². The molecule has 0 amide bonds. The van der Waals surface area contributed by atoms with Gasteiger partial charge in [-0.05, 0) is 18.3 Å². The fraction of sp³-hybridized carbons (Fsp3) is 1.00. The fourth-order valence-corrected chi connectivity index (χ4v) is 1.71. The summed E-state index contributed by atoms with van der Waals surface area (Å²) in [7, 11) is 0. The summed E-state index contributed by atoms with van der Waals surface area (Å²) in [5.41, 5.74) is 0. The van der Waals surface area contributed by atoms with Gasteiger partial charge in [0.2, 0.25) is 0 Å². The van der Waals surface area contributed by atoms with Gasteiger partial charge in [0, 0.05) is 32.7 Å². The zero-order valence-electron chi connectivity index (χ0n) is 7.71. The van der Waals surface area contributed by atoms with Crippen LogP contribution in [0.3, 0.4) is 0 Å². The van der Waals surface area contributed by atoms with Crippen LogP contribution >= 0.6 is 0 Å². The molecule has 0 aromatic rings. The van der Waals surface area contributed by atoms with Gasteiger partial charge in [-0.1, -0.05) is 26.7 Å².